The lowest BCUT2D eigenvalue weighted by molar-refractivity contribution is -0.137. The largest absolute Gasteiger partial charge is 0.481 e. The van der Waals surface area contributed by atoms with Crippen molar-refractivity contribution in [3.63, 3.8) is 0 Å². The summed E-state index contributed by atoms with van der Waals surface area (Å²) in [6.07, 6.45) is 1.60. The molecule has 1 N–H and O–H groups in total. The van der Waals surface area contributed by atoms with E-state index in [-0.39, 0.29) is 24.6 Å². The molecule has 0 bridgehead atoms. The molecule has 0 radical (unpaired) electrons. The fourth-order valence-electron chi connectivity index (χ4n) is 2.02. The average molecular weight is 265 g/mol. The third-order valence-corrected chi connectivity index (χ3v) is 3.24. The molecule has 0 spiro atoms. The molecule has 1 saturated carbocycles. The summed E-state index contributed by atoms with van der Waals surface area (Å²) in [5, 5.41) is 8.70. The zero-order valence-corrected chi connectivity index (χ0v) is 10.7. The predicted molar refractivity (Wildman–Crippen MR) is 67.4 cm³/mol. The molecule has 1 aliphatic carbocycles. The number of carbonyl (C=O) groups is 2. The first-order chi connectivity index (χ1) is 9.00. The summed E-state index contributed by atoms with van der Waals surface area (Å²) in [7, 11) is 0. The lowest BCUT2D eigenvalue weighted by Crippen LogP contribution is -2.35. The number of nitrogens with zero attached hydrogens (tertiary/aromatic N) is 1. The monoisotopic (exact) mass is 265 g/mol. The third-order valence-electron chi connectivity index (χ3n) is 3.24. The van der Waals surface area contributed by atoms with E-state index in [1.807, 2.05) is 0 Å². The Hall–Kier alpha value is -1.91. The van der Waals surface area contributed by atoms with Crippen molar-refractivity contribution >= 4 is 11.9 Å². The minimum atomic E-state index is -0.955. The first kappa shape index (κ1) is 13.5. The van der Waals surface area contributed by atoms with Crippen LogP contribution in [0.2, 0.25) is 0 Å². The van der Waals surface area contributed by atoms with Crippen LogP contribution in [0.1, 0.15) is 35.2 Å². The molecule has 0 saturated heterocycles. The summed E-state index contributed by atoms with van der Waals surface area (Å²) in [6.45, 7) is 1.73. The van der Waals surface area contributed by atoms with E-state index in [1.165, 1.54) is 11.0 Å². The molecular weight excluding hydrogens is 249 g/mol. The van der Waals surface area contributed by atoms with E-state index < -0.39 is 17.7 Å². The quantitative estimate of drug-likeness (QED) is 0.888. The van der Waals surface area contributed by atoms with Gasteiger partial charge in [0.2, 0.25) is 0 Å². The molecule has 1 aromatic rings. The number of hydrogen-bond donors (Lipinski definition) is 1. The van der Waals surface area contributed by atoms with Crippen molar-refractivity contribution in [1.82, 2.24) is 4.90 Å². The summed E-state index contributed by atoms with van der Waals surface area (Å²) >= 11 is 0. The Morgan fingerprint density at radius 3 is 2.68 bits per heavy atom. The highest BCUT2D eigenvalue weighted by Gasteiger charge is 2.34. The summed E-state index contributed by atoms with van der Waals surface area (Å²) < 4.78 is 13.9. The highest BCUT2D eigenvalue weighted by molar-refractivity contribution is 5.95. The maximum Gasteiger partial charge on any atom is 0.305 e. The van der Waals surface area contributed by atoms with E-state index >= 15 is 0 Å². The van der Waals surface area contributed by atoms with Gasteiger partial charge in [0.15, 0.2) is 0 Å². The molecule has 0 unspecified atom stereocenters. The SMILES string of the molecule is Cc1cccc(C(=O)N(CCC(=O)O)C2CC2)c1F. The van der Waals surface area contributed by atoms with Gasteiger partial charge in [-0.2, -0.15) is 0 Å². The van der Waals surface area contributed by atoms with E-state index in [4.69, 9.17) is 5.11 Å². The van der Waals surface area contributed by atoms with Crippen molar-refractivity contribution in [2.24, 2.45) is 0 Å². The van der Waals surface area contributed by atoms with Gasteiger partial charge in [-0.05, 0) is 31.4 Å². The predicted octanol–water partition coefficient (Wildman–Crippen LogP) is 2.21. The van der Waals surface area contributed by atoms with Crippen molar-refractivity contribution in [2.45, 2.75) is 32.2 Å². The van der Waals surface area contributed by atoms with Gasteiger partial charge in [0, 0.05) is 12.6 Å². The van der Waals surface area contributed by atoms with Gasteiger partial charge >= 0.3 is 5.97 Å². The topological polar surface area (TPSA) is 57.6 Å². The van der Waals surface area contributed by atoms with Crippen molar-refractivity contribution in [3.05, 3.63) is 35.1 Å². The maximum atomic E-state index is 13.9. The van der Waals surface area contributed by atoms with E-state index in [9.17, 15) is 14.0 Å². The second-order valence-corrected chi connectivity index (χ2v) is 4.81. The molecule has 5 heteroatoms. The van der Waals surface area contributed by atoms with Gasteiger partial charge in [-0.15, -0.1) is 0 Å². The first-order valence-corrected chi connectivity index (χ1v) is 6.28. The van der Waals surface area contributed by atoms with Crippen molar-refractivity contribution in [1.29, 1.82) is 0 Å². The van der Waals surface area contributed by atoms with E-state index in [1.54, 1.807) is 19.1 Å². The number of carboxylic acid groups (broad SMARTS) is 1. The van der Waals surface area contributed by atoms with Crippen LogP contribution in [0.3, 0.4) is 0 Å². The van der Waals surface area contributed by atoms with Crippen molar-refractivity contribution < 1.29 is 19.1 Å². The summed E-state index contributed by atoms with van der Waals surface area (Å²) in [6, 6.07) is 4.74. The number of aryl methyl sites for hydroxylation is 1. The molecule has 2 rings (SSSR count). The van der Waals surface area contributed by atoms with Gasteiger partial charge in [0.05, 0.1) is 12.0 Å². The fraction of sp³-hybridized carbons (Fsp3) is 0.429. The van der Waals surface area contributed by atoms with Crippen LogP contribution in [0.15, 0.2) is 18.2 Å². The number of carbonyl (C=O) groups excluding carboxylic acids is 1. The highest BCUT2D eigenvalue weighted by Crippen LogP contribution is 2.29. The van der Waals surface area contributed by atoms with Crippen LogP contribution in [-0.4, -0.2) is 34.5 Å². The molecule has 1 amide bonds. The molecule has 0 aromatic heterocycles. The van der Waals surface area contributed by atoms with Crippen molar-refractivity contribution in [3.8, 4) is 0 Å². The van der Waals surface area contributed by atoms with E-state index in [2.05, 4.69) is 0 Å². The minimum Gasteiger partial charge on any atom is -0.481 e. The standard InChI is InChI=1S/C14H16FNO3/c1-9-3-2-4-11(13(9)15)14(19)16(10-5-6-10)8-7-12(17)18/h2-4,10H,5-8H2,1H3,(H,17,18). The Balaban J connectivity index is 2.19. The lowest BCUT2D eigenvalue weighted by Gasteiger charge is -2.22. The summed E-state index contributed by atoms with van der Waals surface area (Å²) in [5.41, 5.74) is 0.442. The number of carboxylic acids is 1. The molecule has 4 nitrogen and oxygen atoms in total. The van der Waals surface area contributed by atoms with Crippen LogP contribution in [0.4, 0.5) is 4.39 Å². The second-order valence-electron chi connectivity index (χ2n) is 4.81. The van der Waals surface area contributed by atoms with Gasteiger partial charge in [-0.1, -0.05) is 12.1 Å². The first-order valence-electron chi connectivity index (χ1n) is 6.28. The normalized spacial score (nSPS) is 14.2. The second kappa shape index (κ2) is 5.38. The van der Waals surface area contributed by atoms with Crippen LogP contribution in [-0.2, 0) is 4.79 Å². The fourth-order valence-corrected chi connectivity index (χ4v) is 2.02. The van der Waals surface area contributed by atoms with Gasteiger partial charge in [-0.25, -0.2) is 4.39 Å². The molecule has 1 aromatic carbocycles. The Bertz CT molecular complexity index is 511. The Kier molecular flexibility index (Phi) is 3.83. The lowest BCUT2D eigenvalue weighted by atomic mass is 10.1. The van der Waals surface area contributed by atoms with Gasteiger partial charge in [-0.3, -0.25) is 9.59 Å². The number of amides is 1. The van der Waals surface area contributed by atoms with Crippen LogP contribution >= 0.6 is 0 Å². The van der Waals surface area contributed by atoms with Crippen LogP contribution in [0.25, 0.3) is 0 Å². The molecule has 1 fully saturated rings. The van der Waals surface area contributed by atoms with Crippen molar-refractivity contribution in [2.75, 3.05) is 6.54 Å². The minimum absolute atomic E-state index is 0.0253. The molecule has 102 valence electrons. The van der Waals surface area contributed by atoms with Gasteiger partial charge < -0.3 is 10.0 Å². The Morgan fingerprint density at radius 2 is 2.11 bits per heavy atom. The summed E-state index contributed by atoms with van der Waals surface area (Å²) in [4.78, 5) is 24.4. The summed E-state index contributed by atoms with van der Waals surface area (Å²) in [5.74, 6) is -1.89. The van der Waals surface area contributed by atoms with Crippen LogP contribution in [0, 0.1) is 12.7 Å². The Morgan fingerprint density at radius 1 is 1.42 bits per heavy atom. The number of aliphatic carboxylic acids is 1. The van der Waals surface area contributed by atoms with E-state index in [0.29, 0.717) is 5.56 Å². The number of benzene rings is 1. The highest BCUT2D eigenvalue weighted by atomic mass is 19.1. The molecular formula is C14H16FNO3. The molecule has 19 heavy (non-hydrogen) atoms. The molecule has 0 heterocycles. The third kappa shape index (κ3) is 3.10. The molecule has 0 atom stereocenters. The van der Waals surface area contributed by atoms with Crippen LogP contribution in [0.5, 0.6) is 0 Å². The number of hydrogen-bond acceptors (Lipinski definition) is 2. The Labute approximate surface area is 110 Å². The zero-order chi connectivity index (χ0) is 14.0. The molecule has 0 aliphatic heterocycles. The smallest absolute Gasteiger partial charge is 0.305 e. The maximum absolute atomic E-state index is 13.9. The number of rotatable bonds is 5. The van der Waals surface area contributed by atoms with Crippen LogP contribution < -0.4 is 0 Å². The van der Waals surface area contributed by atoms with Gasteiger partial charge in [0.25, 0.3) is 5.91 Å². The van der Waals surface area contributed by atoms with Gasteiger partial charge in [0.1, 0.15) is 5.82 Å². The average Bonchev–Trinajstić information content (AvgIpc) is 3.17. The zero-order valence-electron chi connectivity index (χ0n) is 10.7. The number of halogens is 1. The van der Waals surface area contributed by atoms with E-state index in [0.717, 1.165) is 12.8 Å². The molecule has 1 aliphatic rings.